The van der Waals surface area contributed by atoms with E-state index in [9.17, 15) is 9.59 Å². The molecule has 6 nitrogen and oxygen atoms in total. The highest BCUT2D eigenvalue weighted by molar-refractivity contribution is 7.09. The Morgan fingerprint density at radius 3 is 2.79 bits per heavy atom. The molecule has 0 aliphatic heterocycles. The molecule has 0 aromatic carbocycles. The summed E-state index contributed by atoms with van der Waals surface area (Å²) in [7, 11) is 0. The number of aryl methyl sites for hydroxylation is 1. The van der Waals surface area contributed by atoms with E-state index in [1.807, 2.05) is 12.3 Å². The van der Waals surface area contributed by atoms with Gasteiger partial charge < -0.3 is 15.7 Å². The maximum atomic E-state index is 11.4. The van der Waals surface area contributed by atoms with Crippen molar-refractivity contribution in [2.24, 2.45) is 5.92 Å². The van der Waals surface area contributed by atoms with Gasteiger partial charge in [0.05, 0.1) is 5.01 Å². The molecule has 0 bridgehead atoms. The number of thiazole rings is 1. The number of amides is 2. The molecule has 1 unspecified atom stereocenters. The second kappa shape index (κ2) is 7.73. The Hall–Kier alpha value is -1.63. The molecule has 1 rings (SSSR count). The average Bonchev–Trinajstić information content (AvgIpc) is 2.71. The van der Waals surface area contributed by atoms with E-state index in [1.54, 1.807) is 18.3 Å². The molecule has 0 aliphatic carbocycles. The second-order valence-electron chi connectivity index (χ2n) is 4.47. The van der Waals surface area contributed by atoms with Gasteiger partial charge in [-0.15, -0.1) is 11.3 Å². The molecule has 0 spiro atoms. The van der Waals surface area contributed by atoms with Gasteiger partial charge in [0.25, 0.3) is 0 Å². The van der Waals surface area contributed by atoms with Crippen molar-refractivity contribution in [3.05, 3.63) is 16.1 Å². The minimum atomic E-state index is -0.853. The summed E-state index contributed by atoms with van der Waals surface area (Å²) in [5.41, 5.74) is 0.993. The van der Waals surface area contributed by atoms with Crippen molar-refractivity contribution in [3.8, 4) is 0 Å². The zero-order chi connectivity index (χ0) is 14.3. The predicted molar refractivity (Wildman–Crippen MR) is 73.4 cm³/mol. The lowest BCUT2D eigenvalue weighted by molar-refractivity contribution is -0.137. The zero-order valence-electron chi connectivity index (χ0n) is 11.1. The molecule has 1 atom stereocenters. The Morgan fingerprint density at radius 2 is 2.21 bits per heavy atom. The summed E-state index contributed by atoms with van der Waals surface area (Å²) >= 11 is 1.58. The van der Waals surface area contributed by atoms with Crippen LogP contribution in [0.3, 0.4) is 0 Å². The number of aliphatic carboxylic acids is 1. The van der Waals surface area contributed by atoms with Crippen molar-refractivity contribution in [2.75, 3.05) is 13.1 Å². The summed E-state index contributed by atoms with van der Waals surface area (Å²) in [6.45, 7) is 4.59. The van der Waals surface area contributed by atoms with E-state index in [2.05, 4.69) is 15.6 Å². The van der Waals surface area contributed by atoms with Crippen molar-refractivity contribution in [1.29, 1.82) is 0 Å². The van der Waals surface area contributed by atoms with Crippen molar-refractivity contribution in [1.82, 2.24) is 15.6 Å². The van der Waals surface area contributed by atoms with Crippen LogP contribution in [0.1, 0.15) is 24.0 Å². The number of aromatic nitrogens is 1. The number of carboxylic acids is 1. The van der Waals surface area contributed by atoms with E-state index in [0.717, 1.165) is 10.7 Å². The van der Waals surface area contributed by atoms with Crippen LogP contribution in [0.15, 0.2) is 5.38 Å². The van der Waals surface area contributed by atoms with Crippen LogP contribution in [0.25, 0.3) is 0 Å². The quantitative estimate of drug-likeness (QED) is 0.706. The van der Waals surface area contributed by atoms with Crippen LogP contribution in [-0.4, -0.2) is 35.2 Å². The summed E-state index contributed by atoms with van der Waals surface area (Å²) in [4.78, 5) is 26.2. The number of rotatable bonds is 7. The molecular weight excluding hydrogens is 266 g/mol. The zero-order valence-corrected chi connectivity index (χ0v) is 11.9. The first-order valence-electron chi connectivity index (χ1n) is 6.12. The lowest BCUT2D eigenvalue weighted by atomic mass is 10.1. The molecule has 0 saturated carbocycles. The molecule has 0 radical (unpaired) electrons. The molecule has 19 heavy (non-hydrogen) atoms. The molecule has 106 valence electrons. The fourth-order valence-electron chi connectivity index (χ4n) is 1.50. The molecule has 0 aliphatic rings. The van der Waals surface area contributed by atoms with Crippen molar-refractivity contribution in [2.45, 2.75) is 26.7 Å². The van der Waals surface area contributed by atoms with Crippen LogP contribution in [0.5, 0.6) is 0 Å². The van der Waals surface area contributed by atoms with Gasteiger partial charge >= 0.3 is 12.0 Å². The van der Waals surface area contributed by atoms with Crippen LogP contribution in [0.2, 0.25) is 0 Å². The summed E-state index contributed by atoms with van der Waals surface area (Å²) in [6.07, 6.45) is 0.759. The summed E-state index contributed by atoms with van der Waals surface area (Å²) < 4.78 is 0. The highest BCUT2D eigenvalue weighted by Crippen LogP contribution is 2.08. The predicted octanol–water partition coefficient (Wildman–Crippen LogP) is 1.40. The Kier molecular flexibility index (Phi) is 6.27. The number of hydrogen-bond donors (Lipinski definition) is 3. The maximum Gasteiger partial charge on any atom is 0.314 e. The van der Waals surface area contributed by atoms with Crippen LogP contribution in [0.4, 0.5) is 4.79 Å². The SMILES string of the molecule is Cc1csc(CCNC(=O)NCC(C)CC(=O)O)n1. The number of urea groups is 1. The maximum absolute atomic E-state index is 11.4. The van der Waals surface area contributed by atoms with Gasteiger partial charge in [-0.25, -0.2) is 9.78 Å². The number of carbonyl (C=O) groups excluding carboxylic acids is 1. The number of nitrogens with zero attached hydrogens (tertiary/aromatic N) is 1. The molecule has 1 aromatic heterocycles. The Labute approximate surface area is 116 Å². The van der Waals surface area contributed by atoms with Gasteiger partial charge in [0, 0.05) is 37.0 Å². The van der Waals surface area contributed by atoms with Gasteiger partial charge in [0.1, 0.15) is 0 Å². The van der Waals surface area contributed by atoms with Crippen molar-refractivity contribution in [3.63, 3.8) is 0 Å². The first kappa shape index (κ1) is 15.4. The van der Waals surface area contributed by atoms with Crippen molar-refractivity contribution >= 4 is 23.3 Å². The van der Waals surface area contributed by atoms with Crippen molar-refractivity contribution < 1.29 is 14.7 Å². The van der Waals surface area contributed by atoms with E-state index in [1.165, 1.54) is 0 Å². The lowest BCUT2D eigenvalue weighted by Gasteiger charge is -2.11. The third kappa shape index (κ3) is 6.76. The normalized spacial score (nSPS) is 11.9. The molecule has 3 N–H and O–H groups in total. The third-order valence-corrected chi connectivity index (χ3v) is 3.45. The van der Waals surface area contributed by atoms with Crippen LogP contribution in [-0.2, 0) is 11.2 Å². The summed E-state index contributed by atoms with van der Waals surface area (Å²) in [5, 5.41) is 16.9. The van der Waals surface area contributed by atoms with Gasteiger partial charge in [-0.05, 0) is 12.8 Å². The lowest BCUT2D eigenvalue weighted by Crippen LogP contribution is -2.39. The Balaban J connectivity index is 2.12. The minimum Gasteiger partial charge on any atom is -0.481 e. The number of carboxylic acid groups (broad SMARTS) is 1. The molecule has 1 heterocycles. The number of hydrogen-bond acceptors (Lipinski definition) is 4. The van der Waals surface area contributed by atoms with Crippen LogP contribution < -0.4 is 10.6 Å². The highest BCUT2D eigenvalue weighted by atomic mass is 32.1. The Bertz CT molecular complexity index is 434. The van der Waals surface area contributed by atoms with E-state index in [-0.39, 0.29) is 18.4 Å². The van der Waals surface area contributed by atoms with E-state index < -0.39 is 5.97 Å². The smallest absolute Gasteiger partial charge is 0.314 e. The molecule has 1 aromatic rings. The standard InChI is InChI=1S/C12H19N3O3S/c1-8(5-11(16)17)6-14-12(18)13-4-3-10-15-9(2)7-19-10/h7-8H,3-6H2,1-2H3,(H,16,17)(H2,13,14,18). The van der Waals surface area contributed by atoms with E-state index >= 15 is 0 Å². The highest BCUT2D eigenvalue weighted by Gasteiger charge is 2.09. The molecular formula is C12H19N3O3S. The Morgan fingerprint density at radius 1 is 1.47 bits per heavy atom. The summed E-state index contributed by atoms with van der Waals surface area (Å²) in [5.74, 6) is -0.932. The molecule has 7 heteroatoms. The number of nitrogens with one attached hydrogen (secondary N) is 2. The third-order valence-electron chi connectivity index (χ3n) is 2.43. The monoisotopic (exact) mass is 285 g/mol. The fraction of sp³-hybridized carbons (Fsp3) is 0.583. The van der Waals surface area contributed by atoms with E-state index in [0.29, 0.717) is 19.5 Å². The second-order valence-corrected chi connectivity index (χ2v) is 5.42. The van der Waals surface area contributed by atoms with E-state index in [4.69, 9.17) is 5.11 Å². The van der Waals surface area contributed by atoms with Gasteiger partial charge in [-0.3, -0.25) is 4.79 Å². The van der Waals surface area contributed by atoms with Crippen LogP contribution in [0, 0.1) is 12.8 Å². The fourth-order valence-corrected chi connectivity index (χ4v) is 2.28. The summed E-state index contributed by atoms with van der Waals surface area (Å²) in [6, 6.07) is -0.273. The first-order chi connectivity index (χ1) is 8.97. The van der Waals surface area contributed by atoms with Gasteiger partial charge in [0.15, 0.2) is 0 Å². The molecule has 0 fully saturated rings. The largest absolute Gasteiger partial charge is 0.481 e. The van der Waals surface area contributed by atoms with Crippen LogP contribution >= 0.6 is 11.3 Å². The average molecular weight is 285 g/mol. The van der Waals surface area contributed by atoms with Gasteiger partial charge in [-0.1, -0.05) is 6.92 Å². The van der Waals surface area contributed by atoms with Gasteiger partial charge in [-0.2, -0.15) is 0 Å². The topological polar surface area (TPSA) is 91.3 Å². The molecule has 2 amide bonds. The number of carbonyl (C=O) groups is 2. The van der Waals surface area contributed by atoms with Gasteiger partial charge in [0.2, 0.25) is 0 Å². The first-order valence-corrected chi connectivity index (χ1v) is 7.00. The minimum absolute atomic E-state index is 0.0542. The molecule has 0 saturated heterocycles.